The maximum atomic E-state index is 5.72. The van der Waals surface area contributed by atoms with Gasteiger partial charge < -0.3 is 9.47 Å². The Morgan fingerprint density at radius 2 is 1.67 bits per heavy atom. The quantitative estimate of drug-likeness (QED) is 0.620. The second kappa shape index (κ2) is 7.45. The van der Waals surface area contributed by atoms with E-state index in [1.807, 2.05) is 42.5 Å². The number of hydrogen-bond acceptors (Lipinski definition) is 4. The number of nitrogens with two attached hydrogens (primary N) is 1. The van der Waals surface area contributed by atoms with Gasteiger partial charge in [-0.3, -0.25) is 11.3 Å². The lowest BCUT2D eigenvalue weighted by atomic mass is 9.99. The van der Waals surface area contributed by atoms with Gasteiger partial charge in [0.1, 0.15) is 11.5 Å². The molecule has 0 aliphatic heterocycles. The van der Waals surface area contributed by atoms with E-state index in [2.05, 4.69) is 21.4 Å². The van der Waals surface area contributed by atoms with Gasteiger partial charge in [-0.15, -0.1) is 0 Å². The summed E-state index contributed by atoms with van der Waals surface area (Å²) in [6.45, 7) is 0. The van der Waals surface area contributed by atoms with Crippen LogP contribution >= 0.6 is 15.9 Å². The van der Waals surface area contributed by atoms with Gasteiger partial charge in [0, 0.05) is 4.47 Å². The van der Waals surface area contributed by atoms with Gasteiger partial charge in [0.25, 0.3) is 0 Å². The molecule has 0 amide bonds. The van der Waals surface area contributed by atoms with Crippen LogP contribution in [0.25, 0.3) is 0 Å². The molecule has 0 bridgehead atoms. The third-order valence-electron chi connectivity index (χ3n) is 3.40. The van der Waals surface area contributed by atoms with E-state index in [-0.39, 0.29) is 6.04 Å². The average molecular weight is 351 g/mol. The summed E-state index contributed by atoms with van der Waals surface area (Å²) in [6.07, 6.45) is 0.751. The van der Waals surface area contributed by atoms with Gasteiger partial charge in [-0.1, -0.05) is 28.1 Å². The number of halogens is 1. The second-order valence-corrected chi connectivity index (χ2v) is 5.51. The van der Waals surface area contributed by atoms with Gasteiger partial charge in [0.05, 0.1) is 20.3 Å². The molecule has 1 atom stereocenters. The molecule has 21 heavy (non-hydrogen) atoms. The van der Waals surface area contributed by atoms with E-state index >= 15 is 0 Å². The minimum atomic E-state index is 0.0133. The van der Waals surface area contributed by atoms with Crippen molar-refractivity contribution in [2.45, 2.75) is 12.5 Å². The number of methoxy groups -OCH3 is 2. The Hall–Kier alpha value is -1.56. The van der Waals surface area contributed by atoms with Crippen LogP contribution < -0.4 is 20.7 Å². The lowest BCUT2D eigenvalue weighted by molar-refractivity contribution is 0.413. The standard InChI is InChI=1S/C16H19BrN2O2/c1-20-13-5-3-11(4-6-13)16(19-18)10-12-9-14(21-2)7-8-15(12)17/h3-9,16,19H,10,18H2,1-2H3. The molecule has 0 saturated carbocycles. The predicted molar refractivity (Wildman–Crippen MR) is 87.5 cm³/mol. The van der Waals surface area contributed by atoms with Crippen LogP contribution in [0.15, 0.2) is 46.9 Å². The Balaban J connectivity index is 2.21. The number of ether oxygens (including phenoxy) is 2. The highest BCUT2D eigenvalue weighted by Crippen LogP contribution is 2.27. The Bertz CT molecular complexity index is 587. The summed E-state index contributed by atoms with van der Waals surface area (Å²) < 4.78 is 11.5. The summed E-state index contributed by atoms with van der Waals surface area (Å²) in [5, 5.41) is 0. The molecule has 4 nitrogen and oxygen atoms in total. The molecule has 1 unspecified atom stereocenters. The maximum absolute atomic E-state index is 5.72. The van der Waals surface area contributed by atoms with Gasteiger partial charge in [0.2, 0.25) is 0 Å². The van der Waals surface area contributed by atoms with E-state index < -0.39 is 0 Å². The third-order valence-corrected chi connectivity index (χ3v) is 4.17. The molecule has 0 radical (unpaired) electrons. The molecule has 3 N–H and O–H groups in total. The fourth-order valence-electron chi connectivity index (χ4n) is 2.16. The van der Waals surface area contributed by atoms with Crippen LogP contribution in [0.2, 0.25) is 0 Å². The molecular weight excluding hydrogens is 332 g/mol. The van der Waals surface area contributed by atoms with Crippen LogP contribution in [0.3, 0.4) is 0 Å². The molecule has 2 aromatic carbocycles. The number of rotatable bonds is 6. The second-order valence-electron chi connectivity index (χ2n) is 4.65. The summed E-state index contributed by atoms with van der Waals surface area (Å²) in [5.74, 6) is 7.38. The minimum absolute atomic E-state index is 0.0133. The van der Waals surface area contributed by atoms with Gasteiger partial charge in [0.15, 0.2) is 0 Å². The summed E-state index contributed by atoms with van der Waals surface area (Å²) in [7, 11) is 3.32. The Morgan fingerprint density at radius 3 is 2.24 bits per heavy atom. The van der Waals surface area contributed by atoms with E-state index in [0.29, 0.717) is 0 Å². The van der Waals surface area contributed by atoms with Crippen LogP contribution in [-0.4, -0.2) is 14.2 Å². The van der Waals surface area contributed by atoms with Gasteiger partial charge in [-0.25, -0.2) is 0 Å². The van der Waals surface area contributed by atoms with Crippen molar-refractivity contribution in [3.8, 4) is 11.5 Å². The van der Waals surface area contributed by atoms with Crippen molar-refractivity contribution in [1.82, 2.24) is 5.43 Å². The molecule has 0 fully saturated rings. The monoisotopic (exact) mass is 350 g/mol. The molecule has 0 aliphatic carbocycles. The van der Waals surface area contributed by atoms with Crippen LogP contribution in [0.5, 0.6) is 11.5 Å². The average Bonchev–Trinajstić information content (AvgIpc) is 2.54. The first-order valence-corrected chi connectivity index (χ1v) is 7.39. The van der Waals surface area contributed by atoms with Crippen molar-refractivity contribution in [2.75, 3.05) is 14.2 Å². The lowest BCUT2D eigenvalue weighted by Gasteiger charge is -2.18. The first kappa shape index (κ1) is 15.8. The molecule has 0 saturated heterocycles. The van der Waals surface area contributed by atoms with E-state index in [1.54, 1.807) is 14.2 Å². The first-order valence-electron chi connectivity index (χ1n) is 6.60. The molecule has 2 rings (SSSR count). The summed E-state index contributed by atoms with van der Waals surface area (Å²) in [6, 6.07) is 13.8. The van der Waals surface area contributed by atoms with Gasteiger partial charge >= 0.3 is 0 Å². The SMILES string of the molecule is COc1ccc(C(Cc2cc(OC)ccc2Br)NN)cc1. The minimum Gasteiger partial charge on any atom is -0.497 e. The molecule has 5 heteroatoms. The van der Waals surface area contributed by atoms with Crippen molar-refractivity contribution in [2.24, 2.45) is 5.84 Å². The number of hydrazine groups is 1. The van der Waals surface area contributed by atoms with E-state index in [0.717, 1.165) is 33.5 Å². The van der Waals surface area contributed by atoms with Crippen molar-refractivity contribution < 1.29 is 9.47 Å². The lowest BCUT2D eigenvalue weighted by Crippen LogP contribution is -2.29. The van der Waals surface area contributed by atoms with E-state index in [9.17, 15) is 0 Å². The molecule has 0 spiro atoms. The zero-order chi connectivity index (χ0) is 15.2. The number of hydrogen-bond donors (Lipinski definition) is 2. The molecule has 0 aromatic heterocycles. The summed E-state index contributed by atoms with van der Waals surface area (Å²) in [4.78, 5) is 0. The zero-order valence-corrected chi connectivity index (χ0v) is 13.7. The fourth-order valence-corrected chi connectivity index (χ4v) is 2.57. The normalized spacial score (nSPS) is 12.0. The molecule has 2 aromatic rings. The highest BCUT2D eigenvalue weighted by molar-refractivity contribution is 9.10. The van der Waals surface area contributed by atoms with Gasteiger partial charge in [-0.05, 0) is 47.9 Å². The first-order chi connectivity index (χ1) is 10.2. The van der Waals surface area contributed by atoms with Crippen LogP contribution in [0.1, 0.15) is 17.2 Å². The predicted octanol–water partition coefficient (Wildman–Crippen LogP) is 3.21. The highest BCUT2D eigenvalue weighted by Gasteiger charge is 2.13. The smallest absolute Gasteiger partial charge is 0.119 e. The Kier molecular flexibility index (Phi) is 5.61. The topological polar surface area (TPSA) is 56.5 Å². The zero-order valence-electron chi connectivity index (χ0n) is 12.1. The van der Waals surface area contributed by atoms with Crippen LogP contribution in [-0.2, 0) is 6.42 Å². The Morgan fingerprint density at radius 1 is 1.05 bits per heavy atom. The third kappa shape index (κ3) is 3.97. The number of benzene rings is 2. The Labute approximate surface area is 133 Å². The largest absolute Gasteiger partial charge is 0.497 e. The van der Waals surface area contributed by atoms with Crippen LogP contribution in [0, 0.1) is 0 Å². The molecule has 0 heterocycles. The maximum Gasteiger partial charge on any atom is 0.119 e. The van der Waals surface area contributed by atoms with Crippen molar-refractivity contribution in [3.05, 3.63) is 58.1 Å². The van der Waals surface area contributed by atoms with Crippen molar-refractivity contribution in [1.29, 1.82) is 0 Å². The molecule has 112 valence electrons. The van der Waals surface area contributed by atoms with E-state index in [4.69, 9.17) is 15.3 Å². The summed E-state index contributed by atoms with van der Waals surface area (Å²) >= 11 is 3.57. The van der Waals surface area contributed by atoms with Gasteiger partial charge in [-0.2, -0.15) is 0 Å². The molecular formula is C16H19BrN2O2. The van der Waals surface area contributed by atoms with Crippen molar-refractivity contribution >= 4 is 15.9 Å². The van der Waals surface area contributed by atoms with Crippen LogP contribution in [0.4, 0.5) is 0 Å². The number of nitrogens with one attached hydrogen (secondary N) is 1. The fraction of sp³-hybridized carbons (Fsp3) is 0.250. The van der Waals surface area contributed by atoms with Crippen molar-refractivity contribution in [3.63, 3.8) is 0 Å². The highest BCUT2D eigenvalue weighted by atomic mass is 79.9. The van der Waals surface area contributed by atoms with E-state index in [1.165, 1.54) is 0 Å². The molecule has 0 aliphatic rings. The summed E-state index contributed by atoms with van der Waals surface area (Å²) in [5.41, 5.74) is 5.10.